The number of benzene rings is 1. The molecule has 3 rings (SSSR count). The summed E-state index contributed by atoms with van der Waals surface area (Å²) in [6.45, 7) is 2.47. The molecular formula is C21H25F2NO6. The summed E-state index contributed by atoms with van der Waals surface area (Å²) >= 11 is 0. The van der Waals surface area contributed by atoms with Gasteiger partial charge in [0.2, 0.25) is 0 Å². The molecule has 1 atom stereocenters. The SMILES string of the molecule is CC(C)(C)OC(=O)N1CC(c2ccc(OC(F)F)c(OCC3CC3)c2)=C[C@H]1C(=O)O. The van der Waals surface area contributed by atoms with Gasteiger partial charge in [-0.25, -0.2) is 9.59 Å². The number of hydrogen-bond donors (Lipinski definition) is 1. The topological polar surface area (TPSA) is 85.3 Å². The maximum absolute atomic E-state index is 12.7. The molecule has 0 bridgehead atoms. The third-order valence-electron chi connectivity index (χ3n) is 4.62. The predicted molar refractivity (Wildman–Crippen MR) is 104 cm³/mol. The zero-order valence-electron chi connectivity index (χ0n) is 17.1. The van der Waals surface area contributed by atoms with E-state index >= 15 is 0 Å². The van der Waals surface area contributed by atoms with Crippen LogP contribution in [0.3, 0.4) is 0 Å². The Labute approximate surface area is 173 Å². The van der Waals surface area contributed by atoms with E-state index in [0.717, 1.165) is 17.7 Å². The van der Waals surface area contributed by atoms with Crippen LogP contribution in [0.4, 0.5) is 13.6 Å². The molecule has 1 N–H and O–H groups in total. The second-order valence-corrected chi connectivity index (χ2v) is 8.38. The number of carbonyl (C=O) groups is 2. The smallest absolute Gasteiger partial charge is 0.411 e. The summed E-state index contributed by atoms with van der Waals surface area (Å²) in [5.74, 6) is -0.730. The molecule has 1 amide bonds. The lowest BCUT2D eigenvalue weighted by Gasteiger charge is -2.27. The molecule has 7 nitrogen and oxygen atoms in total. The number of hydrogen-bond acceptors (Lipinski definition) is 5. The number of carboxylic acids is 1. The van der Waals surface area contributed by atoms with Crippen molar-refractivity contribution < 1.29 is 37.7 Å². The maximum atomic E-state index is 12.7. The Hall–Kier alpha value is -2.84. The molecule has 1 saturated carbocycles. The second-order valence-electron chi connectivity index (χ2n) is 8.38. The molecule has 1 aromatic carbocycles. The van der Waals surface area contributed by atoms with Gasteiger partial charge in [0.25, 0.3) is 0 Å². The second kappa shape index (κ2) is 8.49. The minimum absolute atomic E-state index is 0.00297. The van der Waals surface area contributed by atoms with Crippen molar-refractivity contribution in [3.05, 3.63) is 29.8 Å². The predicted octanol–water partition coefficient (Wildman–Crippen LogP) is 4.16. The number of ether oxygens (including phenoxy) is 3. The van der Waals surface area contributed by atoms with Crippen molar-refractivity contribution in [2.24, 2.45) is 5.92 Å². The van der Waals surface area contributed by atoms with E-state index in [9.17, 15) is 23.5 Å². The molecule has 1 fully saturated rings. The van der Waals surface area contributed by atoms with E-state index < -0.39 is 30.3 Å². The van der Waals surface area contributed by atoms with Crippen molar-refractivity contribution >= 4 is 17.6 Å². The summed E-state index contributed by atoms with van der Waals surface area (Å²) in [5.41, 5.74) is 0.328. The van der Waals surface area contributed by atoms with Crippen molar-refractivity contribution in [2.45, 2.75) is 51.9 Å². The fourth-order valence-electron chi connectivity index (χ4n) is 3.01. The Balaban J connectivity index is 1.84. The number of halogens is 2. The average Bonchev–Trinajstić information content (AvgIpc) is 3.34. The molecule has 1 aliphatic carbocycles. The molecule has 1 aromatic rings. The molecule has 1 heterocycles. The molecule has 1 aliphatic heterocycles. The van der Waals surface area contributed by atoms with Gasteiger partial charge in [0, 0.05) is 0 Å². The number of rotatable bonds is 7. The van der Waals surface area contributed by atoms with Crippen LogP contribution >= 0.6 is 0 Å². The van der Waals surface area contributed by atoms with E-state index in [1.807, 2.05) is 0 Å². The Morgan fingerprint density at radius 1 is 1.23 bits per heavy atom. The quantitative estimate of drug-likeness (QED) is 0.706. The molecule has 0 saturated heterocycles. The lowest BCUT2D eigenvalue weighted by atomic mass is 10.1. The van der Waals surface area contributed by atoms with E-state index in [-0.39, 0.29) is 18.0 Å². The number of amides is 1. The van der Waals surface area contributed by atoms with Gasteiger partial charge in [-0.2, -0.15) is 8.78 Å². The first-order chi connectivity index (χ1) is 14.0. The summed E-state index contributed by atoms with van der Waals surface area (Å²) in [5, 5.41) is 9.52. The van der Waals surface area contributed by atoms with E-state index in [0.29, 0.717) is 23.7 Å². The van der Waals surface area contributed by atoms with Crippen LogP contribution in [0.25, 0.3) is 5.57 Å². The summed E-state index contributed by atoms with van der Waals surface area (Å²) in [6, 6.07) is 3.23. The minimum atomic E-state index is -3.00. The fraction of sp³-hybridized carbons (Fsp3) is 0.524. The van der Waals surface area contributed by atoms with Gasteiger partial charge in [0.1, 0.15) is 5.60 Å². The molecule has 0 unspecified atom stereocenters. The maximum Gasteiger partial charge on any atom is 0.411 e. The van der Waals surface area contributed by atoms with Gasteiger partial charge in [-0.3, -0.25) is 4.90 Å². The van der Waals surface area contributed by atoms with Gasteiger partial charge in [-0.15, -0.1) is 0 Å². The Morgan fingerprint density at radius 3 is 2.50 bits per heavy atom. The van der Waals surface area contributed by atoms with Gasteiger partial charge < -0.3 is 19.3 Å². The molecule has 164 valence electrons. The van der Waals surface area contributed by atoms with E-state index in [1.165, 1.54) is 24.3 Å². The zero-order valence-corrected chi connectivity index (χ0v) is 17.1. The van der Waals surface area contributed by atoms with Crippen LogP contribution in [0.1, 0.15) is 39.2 Å². The first-order valence-corrected chi connectivity index (χ1v) is 9.68. The summed E-state index contributed by atoms with van der Waals surface area (Å²) in [4.78, 5) is 25.2. The van der Waals surface area contributed by atoms with Crippen molar-refractivity contribution in [1.82, 2.24) is 4.90 Å². The van der Waals surface area contributed by atoms with E-state index in [2.05, 4.69) is 4.74 Å². The van der Waals surface area contributed by atoms with Gasteiger partial charge in [0.05, 0.1) is 13.2 Å². The highest BCUT2D eigenvalue weighted by atomic mass is 19.3. The van der Waals surface area contributed by atoms with Crippen molar-refractivity contribution in [3.63, 3.8) is 0 Å². The Morgan fingerprint density at radius 2 is 1.93 bits per heavy atom. The summed E-state index contributed by atoms with van der Waals surface area (Å²) in [7, 11) is 0. The monoisotopic (exact) mass is 425 g/mol. The molecule has 0 radical (unpaired) electrons. The molecule has 9 heteroatoms. The third-order valence-corrected chi connectivity index (χ3v) is 4.62. The average molecular weight is 425 g/mol. The first-order valence-electron chi connectivity index (χ1n) is 9.68. The summed E-state index contributed by atoms with van der Waals surface area (Å²) in [6.07, 6.45) is 2.76. The minimum Gasteiger partial charge on any atom is -0.489 e. The standard InChI is InChI=1S/C21H25F2NO6/c1-21(2,3)30-20(27)24-10-14(8-15(24)18(25)26)13-6-7-16(29-19(22)23)17(9-13)28-11-12-4-5-12/h6-9,12,15,19H,4-5,10-11H2,1-3H3,(H,25,26)/t15-/m0/s1. The normalized spacial score (nSPS) is 18.9. The highest BCUT2D eigenvalue weighted by molar-refractivity contribution is 5.89. The van der Waals surface area contributed by atoms with Crippen molar-refractivity contribution in [3.8, 4) is 11.5 Å². The number of nitrogens with zero attached hydrogens (tertiary/aromatic N) is 1. The van der Waals surface area contributed by atoms with Crippen LogP contribution in [-0.2, 0) is 9.53 Å². The van der Waals surface area contributed by atoms with E-state index in [4.69, 9.17) is 9.47 Å². The first kappa shape index (κ1) is 21.9. The Bertz CT molecular complexity index is 844. The molecule has 0 spiro atoms. The third kappa shape index (κ3) is 5.61. The van der Waals surface area contributed by atoms with Crippen molar-refractivity contribution in [2.75, 3.05) is 13.2 Å². The molecule has 30 heavy (non-hydrogen) atoms. The summed E-state index contributed by atoms with van der Waals surface area (Å²) < 4.78 is 40.9. The fourth-order valence-corrected chi connectivity index (χ4v) is 3.01. The van der Waals surface area contributed by atoms with Gasteiger partial charge >= 0.3 is 18.7 Å². The van der Waals surface area contributed by atoms with Crippen LogP contribution in [-0.4, -0.2) is 53.5 Å². The zero-order chi connectivity index (χ0) is 22.1. The molecule has 0 aromatic heterocycles. The number of aliphatic carboxylic acids is 1. The molecule has 2 aliphatic rings. The Kier molecular flexibility index (Phi) is 6.19. The highest BCUT2D eigenvalue weighted by Crippen LogP contribution is 2.37. The lowest BCUT2D eigenvalue weighted by molar-refractivity contribution is -0.140. The number of carbonyl (C=O) groups excluding carboxylic acids is 1. The van der Waals surface area contributed by atoms with Crippen molar-refractivity contribution in [1.29, 1.82) is 0 Å². The van der Waals surface area contributed by atoms with Crippen LogP contribution in [0.2, 0.25) is 0 Å². The van der Waals surface area contributed by atoms with Gasteiger partial charge in [-0.1, -0.05) is 6.07 Å². The number of alkyl halides is 2. The van der Waals surface area contributed by atoms with Crippen LogP contribution in [0.15, 0.2) is 24.3 Å². The van der Waals surface area contributed by atoms with Crippen LogP contribution in [0.5, 0.6) is 11.5 Å². The lowest BCUT2D eigenvalue weighted by Crippen LogP contribution is -2.43. The van der Waals surface area contributed by atoms with Gasteiger partial charge in [0.15, 0.2) is 17.5 Å². The highest BCUT2D eigenvalue weighted by Gasteiger charge is 2.37. The van der Waals surface area contributed by atoms with E-state index in [1.54, 1.807) is 20.8 Å². The van der Waals surface area contributed by atoms with Crippen LogP contribution in [0, 0.1) is 5.92 Å². The largest absolute Gasteiger partial charge is 0.489 e. The number of carboxylic acid groups (broad SMARTS) is 1. The molecular weight excluding hydrogens is 400 g/mol. The van der Waals surface area contributed by atoms with Gasteiger partial charge in [-0.05, 0) is 68.9 Å². The van der Waals surface area contributed by atoms with Crippen LogP contribution < -0.4 is 9.47 Å².